The molecule has 0 fully saturated rings. The normalized spacial score (nSPS) is 10.4. The highest BCUT2D eigenvalue weighted by Crippen LogP contribution is 2.26. The van der Waals surface area contributed by atoms with Crippen LogP contribution in [0.1, 0.15) is 5.56 Å². The number of hydrogen-bond acceptors (Lipinski definition) is 5. The fourth-order valence-corrected chi connectivity index (χ4v) is 2.07. The molecule has 3 aromatic rings. The molecule has 0 aliphatic carbocycles. The molecule has 0 radical (unpaired) electrons. The number of hydrogen-bond donors (Lipinski definition) is 1. The Bertz CT molecular complexity index is 814. The maximum atomic E-state index is 8.98. The fourth-order valence-electron chi connectivity index (χ4n) is 2.07. The van der Waals surface area contributed by atoms with Crippen molar-refractivity contribution < 1.29 is 0 Å². The predicted molar refractivity (Wildman–Crippen MR) is 76.6 cm³/mol. The van der Waals surface area contributed by atoms with Crippen LogP contribution in [-0.2, 0) is 0 Å². The molecule has 0 saturated heterocycles. The third-order valence-corrected chi connectivity index (χ3v) is 3.06. The van der Waals surface area contributed by atoms with E-state index in [9.17, 15) is 0 Å². The van der Waals surface area contributed by atoms with Crippen LogP contribution >= 0.6 is 0 Å². The second kappa shape index (κ2) is 4.55. The Labute approximate surface area is 115 Å². The molecule has 6 heteroatoms. The van der Waals surface area contributed by atoms with Gasteiger partial charge >= 0.3 is 0 Å². The van der Waals surface area contributed by atoms with Gasteiger partial charge in [-0.1, -0.05) is 6.07 Å². The molecule has 0 unspecified atom stereocenters. The van der Waals surface area contributed by atoms with Crippen molar-refractivity contribution in [3.8, 4) is 6.07 Å². The lowest BCUT2D eigenvalue weighted by Crippen LogP contribution is -2.14. The average Bonchev–Trinajstić information content (AvgIpc) is 2.93. The third kappa shape index (κ3) is 1.91. The number of aromatic nitrogens is 3. The molecular formula is C14H12N6. The summed E-state index contributed by atoms with van der Waals surface area (Å²) in [6.45, 7) is 0. The molecule has 2 aromatic heterocycles. The van der Waals surface area contributed by atoms with Crippen molar-refractivity contribution in [2.45, 2.75) is 0 Å². The molecule has 2 heterocycles. The van der Waals surface area contributed by atoms with Gasteiger partial charge in [0.25, 0.3) is 0 Å². The lowest BCUT2D eigenvalue weighted by Gasteiger charge is -2.19. The van der Waals surface area contributed by atoms with Gasteiger partial charge in [0.2, 0.25) is 0 Å². The van der Waals surface area contributed by atoms with E-state index >= 15 is 0 Å². The van der Waals surface area contributed by atoms with Crippen molar-refractivity contribution >= 4 is 23.0 Å². The van der Waals surface area contributed by atoms with Crippen LogP contribution < -0.4 is 10.6 Å². The number of fused-ring (bicyclic) bond motifs is 1. The van der Waals surface area contributed by atoms with Crippen molar-refractivity contribution in [3.05, 3.63) is 48.4 Å². The van der Waals surface area contributed by atoms with E-state index < -0.39 is 0 Å². The number of nitriles is 1. The van der Waals surface area contributed by atoms with Gasteiger partial charge in [-0.15, -0.1) is 0 Å². The standard InChI is InChI=1S/C14H12N6/c1-19(11-4-2-3-10(7-11)8-15)14-13-17-5-6-20(13)9-12(16)18-14/h2-7,9H,16H2,1H3. The van der Waals surface area contributed by atoms with Crippen LogP contribution in [0.2, 0.25) is 0 Å². The highest BCUT2D eigenvalue weighted by molar-refractivity contribution is 5.73. The molecule has 98 valence electrons. The van der Waals surface area contributed by atoms with E-state index in [4.69, 9.17) is 11.0 Å². The minimum atomic E-state index is 0.411. The Kier molecular flexibility index (Phi) is 2.73. The number of anilines is 3. The lowest BCUT2D eigenvalue weighted by molar-refractivity contribution is 1.07. The van der Waals surface area contributed by atoms with E-state index in [1.807, 2.05) is 34.7 Å². The zero-order chi connectivity index (χ0) is 14.1. The van der Waals surface area contributed by atoms with E-state index in [1.54, 1.807) is 24.5 Å². The summed E-state index contributed by atoms with van der Waals surface area (Å²) < 4.78 is 1.82. The van der Waals surface area contributed by atoms with Gasteiger partial charge in [-0.05, 0) is 18.2 Å². The maximum absolute atomic E-state index is 8.98. The summed E-state index contributed by atoms with van der Waals surface area (Å²) in [5.41, 5.74) is 7.98. The number of nitrogens with two attached hydrogens (primary N) is 1. The highest BCUT2D eigenvalue weighted by atomic mass is 15.2. The molecule has 20 heavy (non-hydrogen) atoms. The molecular weight excluding hydrogens is 252 g/mol. The summed E-state index contributed by atoms with van der Waals surface area (Å²) in [5, 5.41) is 8.98. The van der Waals surface area contributed by atoms with Crippen LogP contribution in [0.5, 0.6) is 0 Å². The van der Waals surface area contributed by atoms with E-state index in [1.165, 1.54) is 0 Å². The highest BCUT2D eigenvalue weighted by Gasteiger charge is 2.13. The smallest absolute Gasteiger partial charge is 0.180 e. The van der Waals surface area contributed by atoms with Crippen LogP contribution in [0.25, 0.3) is 5.65 Å². The molecule has 1 aromatic carbocycles. The van der Waals surface area contributed by atoms with E-state index in [-0.39, 0.29) is 0 Å². The summed E-state index contributed by atoms with van der Waals surface area (Å²) in [4.78, 5) is 10.5. The molecule has 0 aliphatic rings. The summed E-state index contributed by atoms with van der Waals surface area (Å²) in [7, 11) is 1.87. The summed E-state index contributed by atoms with van der Waals surface area (Å²) in [5.74, 6) is 1.05. The lowest BCUT2D eigenvalue weighted by atomic mass is 10.2. The third-order valence-electron chi connectivity index (χ3n) is 3.06. The first-order chi connectivity index (χ1) is 9.69. The minimum Gasteiger partial charge on any atom is -0.382 e. The number of benzene rings is 1. The van der Waals surface area contributed by atoms with Crippen molar-refractivity contribution in [1.29, 1.82) is 5.26 Å². The van der Waals surface area contributed by atoms with Crippen LogP contribution in [-0.4, -0.2) is 21.4 Å². The summed E-state index contributed by atoms with van der Waals surface area (Å²) >= 11 is 0. The predicted octanol–water partition coefficient (Wildman–Crippen LogP) is 1.95. The number of imidazole rings is 1. The van der Waals surface area contributed by atoms with Crippen LogP contribution in [0.4, 0.5) is 17.3 Å². The van der Waals surface area contributed by atoms with Gasteiger partial charge in [0.1, 0.15) is 5.82 Å². The zero-order valence-corrected chi connectivity index (χ0v) is 10.9. The molecule has 0 aliphatic heterocycles. The molecule has 6 nitrogen and oxygen atoms in total. The Hall–Kier alpha value is -3.07. The molecule has 0 atom stereocenters. The summed E-state index contributed by atoms with van der Waals surface area (Å²) in [6.07, 6.45) is 5.22. The quantitative estimate of drug-likeness (QED) is 0.764. The second-order valence-electron chi connectivity index (χ2n) is 4.37. The zero-order valence-electron chi connectivity index (χ0n) is 10.9. The summed E-state index contributed by atoms with van der Waals surface area (Å²) in [6, 6.07) is 9.42. The van der Waals surface area contributed by atoms with Crippen molar-refractivity contribution in [2.24, 2.45) is 0 Å². The van der Waals surface area contributed by atoms with Crippen molar-refractivity contribution in [3.63, 3.8) is 0 Å². The minimum absolute atomic E-state index is 0.411. The monoisotopic (exact) mass is 264 g/mol. The van der Waals surface area contributed by atoms with Gasteiger partial charge < -0.3 is 15.0 Å². The van der Waals surface area contributed by atoms with Gasteiger partial charge in [-0.2, -0.15) is 5.26 Å². The number of nitrogens with zero attached hydrogens (tertiary/aromatic N) is 5. The van der Waals surface area contributed by atoms with E-state index in [0.29, 0.717) is 22.8 Å². The fraction of sp³-hybridized carbons (Fsp3) is 0.0714. The van der Waals surface area contributed by atoms with Crippen molar-refractivity contribution in [2.75, 3.05) is 17.7 Å². The first-order valence-electron chi connectivity index (χ1n) is 6.02. The van der Waals surface area contributed by atoms with E-state index in [0.717, 1.165) is 5.69 Å². The Morgan fingerprint density at radius 3 is 3.05 bits per heavy atom. The van der Waals surface area contributed by atoms with Gasteiger partial charge in [0.15, 0.2) is 11.5 Å². The Balaban J connectivity index is 2.14. The Morgan fingerprint density at radius 2 is 2.25 bits per heavy atom. The first-order valence-corrected chi connectivity index (χ1v) is 6.02. The first kappa shape index (κ1) is 12.0. The van der Waals surface area contributed by atoms with Crippen molar-refractivity contribution in [1.82, 2.24) is 14.4 Å². The maximum Gasteiger partial charge on any atom is 0.180 e. The second-order valence-corrected chi connectivity index (χ2v) is 4.37. The number of rotatable bonds is 2. The molecule has 0 bridgehead atoms. The Morgan fingerprint density at radius 1 is 1.40 bits per heavy atom. The molecule has 2 N–H and O–H groups in total. The molecule has 0 saturated carbocycles. The van der Waals surface area contributed by atoms with Gasteiger partial charge in [-0.25, -0.2) is 9.97 Å². The van der Waals surface area contributed by atoms with Crippen LogP contribution in [0, 0.1) is 11.3 Å². The van der Waals surface area contributed by atoms with Gasteiger partial charge in [0, 0.05) is 25.1 Å². The molecule has 0 amide bonds. The number of nitrogen functional groups attached to an aromatic ring is 1. The topological polar surface area (TPSA) is 83.2 Å². The largest absolute Gasteiger partial charge is 0.382 e. The van der Waals surface area contributed by atoms with Crippen LogP contribution in [0.3, 0.4) is 0 Å². The molecule has 3 rings (SSSR count). The molecule has 0 spiro atoms. The van der Waals surface area contributed by atoms with Gasteiger partial charge in [0.05, 0.1) is 17.8 Å². The van der Waals surface area contributed by atoms with Crippen LogP contribution in [0.15, 0.2) is 42.9 Å². The van der Waals surface area contributed by atoms with Gasteiger partial charge in [-0.3, -0.25) is 0 Å². The van der Waals surface area contributed by atoms with E-state index in [2.05, 4.69) is 16.0 Å². The SMILES string of the molecule is CN(c1cccc(C#N)c1)c1nc(N)cn2ccnc12. The average molecular weight is 264 g/mol.